The molecule has 144 valence electrons. The molecule has 3 N–H and O–H groups in total. The number of aliphatic imine (C=N–C) groups is 1. The lowest BCUT2D eigenvalue weighted by molar-refractivity contribution is 0.106. The van der Waals surface area contributed by atoms with Crippen LogP contribution in [0.2, 0.25) is 0 Å². The Morgan fingerprint density at radius 1 is 0.964 bits per heavy atom. The van der Waals surface area contributed by atoms with Gasteiger partial charge in [-0.1, -0.05) is 18.2 Å². The predicted molar refractivity (Wildman–Crippen MR) is 97.3 cm³/mol. The fraction of sp³-hybridized carbons (Fsp3) is 0. The van der Waals surface area contributed by atoms with Crippen molar-refractivity contribution in [2.45, 2.75) is 4.90 Å². The van der Waals surface area contributed by atoms with Gasteiger partial charge in [0.25, 0.3) is 10.1 Å². The van der Waals surface area contributed by atoms with Crippen LogP contribution < -0.4 is 0 Å². The van der Waals surface area contributed by atoms with E-state index in [-0.39, 0.29) is 37.4 Å². The fourth-order valence-corrected chi connectivity index (χ4v) is 4.31. The van der Waals surface area contributed by atoms with Gasteiger partial charge in [-0.05, 0) is 24.3 Å². The van der Waals surface area contributed by atoms with Crippen LogP contribution >= 0.6 is 0 Å². The van der Waals surface area contributed by atoms with Crippen molar-refractivity contribution in [3.05, 3.63) is 53.6 Å². The van der Waals surface area contributed by atoms with Gasteiger partial charge in [0.05, 0.1) is 21.7 Å². The van der Waals surface area contributed by atoms with Crippen LogP contribution in [0.1, 0.15) is 15.9 Å². The number of Topliss-reactive ketones (excluding diaryl/α,β-unsaturated/α-hetero) is 1. The first-order valence-corrected chi connectivity index (χ1v) is 10.4. The number of benzene rings is 2. The highest BCUT2D eigenvalue weighted by atomic mass is 32.2. The summed E-state index contributed by atoms with van der Waals surface area (Å²) < 4.78 is 64.8. The van der Waals surface area contributed by atoms with Crippen LogP contribution in [0.5, 0.6) is 5.88 Å². The van der Waals surface area contributed by atoms with Crippen molar-refractivity contribution in [2.24, 2.45) is 4.99 Å². The average Bonchev–Trinajstić information content (AvgIpc) is 3.07. The second kappa shape index (κ2) is 5.72. The molecule has 3 aromatic rings. The van der Waals surface area contributed by atoms with E-state index in [1.165, 1.54) is 24.3 Å². The minimum Gasteiger partial charge on any atom is -0.493 e. The van der Waals surface area contributed by atoms with Crippen molar-refractivity contribution >= 4 is 48.5 Å². The number of carbonyl (C=O) groups is 1. The fourth-order valence-electron chi connectivity index (χ4n) is 3.09. The number of carbonyl (C=O) groups excluding carboxylic acids is 1. The zero-order valence-corrected chi connectivity index (χ0v) is 15.3. The van der Waals surface area contributed by atoms with Crippen molar-refractivity contribution in [3.63, 3.8) is 0 Å². The summed E-state index contributed by atoms with van der Waals surface area (Å²) in [7, 11) is -9.42. The van der Waals surface area contributed by atoms with Gasteiger partial charge in [-0.2, -0.15) is 20.8 Å². The number of hydrogen-bond acceptors (Lipinski definition) is 7. The number of aromatic hydroxyl groups is 1. The third kappa shape index (κ3) is 2.62. The third-order valence-corrected chi connectivity index (χ3v) is 5.92. The third-order valence-electron chi connectivity index (χ3n) is 4.23. The monoisotopic (exact) mass is 422 g/mol. The molecule has 1 aromatic heterocycles. The van der Waals surface area contributed by atoms with E-state index in [2.05, 4.69) is 4.99 Å². The maximum absolute atomic E-state index is 12.7. The first-order valence-electron chi connectivity index (χ1n) is 7.56. The van der Waals surface area contributed by atoms with Crippen LogP contribution in [0.3, 0.4) is 0 Å². The van der Waals surface area contributed by atoms with Gasteiger partial charge >= 0.3 is 10.3 Å². The largest absolute Gasteiger partial charge is 0.493 e. The summed E-state index contributed by atoms with van der Waals surface area (Å²) in [4.78, 5) is 16.3. The smallest absolute Gasteiger partial charge is 0.366 e. The number of fused-ring (bicyclic) bond motifs is 2. The summed E-state index contributed by atoms with van der Waals surface area (Å²) >= 11 is 0. The summed E-state index contributed by atoms with van der Waals surface area (Å²) in [5.41, 5.74) is -0.715. The molecule has 0 aliphatic carbocycles. The molecule has 28 heavy (non-hydrogen) atoms. The second-order valence-corrected chi connectivity index (χ2v) is 8.58. The first-order chi connectivity index (χ1) is 13.0. The summed E-state index contributed by atoms with van der Waals surface area (Å²) in [5, 5.41) is 10.6. The van der Waals surface area contributed by atoms with Crippen LogP contribution in [0, 0.1) is 0 Å². The number of hydrogen-bond donors (Lipinski definition) is 3. The van der Waals surface area contributed by atoms with Crippen molar-refractivity contribution in [3.8, 4) is 5.88 Å². The topological polar surface area (TPSA) is 163 Å². The van der Waals surface area contributed by atoms with E-state index < -0.39 is 37.0 Å². The van der Waals surface area contributed by atoms with E-state index in [9.17, 15) is 31.3 Å². The van der Waals surface area contributed by atoms with E-state index >= 15 is 0 Å². The minimum absolute atomic E-state index is 0.00508. The molecule has 2 aromatic carbocycles. The molecule has 0 fully saturated rings. The average molecular weight is 422 g/mol. The van der Waals surface area contributed by atoms with Crippen molar-refractivity contribution in [1.29, 1.82) is 0 Å². The maximum atomic E-state index is 12.7. The van der Waals surface area contributed by atoms with E-state index in [0.717, 1.165) is 18.2 Å². The van der Waals surface area contributed by atoms with Crippen molar-refractivity contribution in [2.75, 3.05) is 0 Å². The summed E-state index contributed by atoms with van der Waals surface area (Å²) in [6.07, 6.45) is 0. The minimum atomic E-state index is -4.89. The number of nitrogens with zero attached hydrogens (tertiary/aromatic N) is 2. The quantitative estimate of drug-likeness (QED) is 0.535. The van der Waals surface area contributed by atoms with Crippen molar-refractivity contribution in [1.82, 2.24) is 3.97 Å². The van der Waals surface area contributed by atoms with Gasteiger partial charge in [0, 0.05) is 10.9 Å². The van der Waals surface area contributed by atoms with Gasteiger partial charge < -0.3 is 5.11 Å². The van der Waals surface area contributed by atoms with Gasteiger partial charge in [-0.25, -0.2) is 4.99 Å². The van der Waals surface area contributed by atoms with Gasteiger partial charge in [0.2, 0.25) is 11.7 Å². The molecule has 0 unspecified atom stereocenters. The molecule has 1 aliphatic heterocycles. The predicted octanol–water partition coefficient (Wildman–Crippen LogP) is 1.56. The Morgan fingerprint density at radius 3 is 2.29 bits per heavy atom. The van der Waals surface area contributed by atoms with Crippen LogP contribution in [-0.2, 0) is 20.4 Å². The SMILES string of the molecule is O=C1C(c2c(O)n(S(=O)(=O)O)c3ccccc23)=Nc2cc(S(=O)(=O)O)ccc21. The van der Waals surface area contributed by atoms with Gasteiger partial charge in [-0.3, -0.25) is 13.9 Å². The van der Waals surface area contributed by atoms with Crippen LogP contribution in [0.4, 0.5) is 5.69 Å². The highest BCUT2D eigenvalue weighted by molar-refractivity contribution is 7.85. The van der Waals surface area contributed by atoms with E-state index in [4.69, 9.17) is 4.55 Å². The normalized spacial score (nSPS) is 14.4. The molecule has 1 aliphatic rings. The Bertz CT molecular complexity index is 1430. The van der Waals surface area contributed by atoms with Crippen LogP contribution in [0.15, 0.2) is 52.4 Å². The Balaban J connectivity index is 2.02. The zero-order valence-electron chi connectivity index (χ0n) is 13.6. The van der Waals surface area contributed by atoms with Gasteiger partial charge in [-0.15, -0.1) is 0 Å². The standard InChI is InChI=1S/C16H10N2O8S2/c19-15-9-6-5-8(27(21,22)23)7-11(9)17-14(15)13-10-3-1-2-4-12(10)18(16(13)20)28(24,25)26/h1-7,20H,(H,21,22,23)(H,24,25,26). The molecule has 0 spiro atoms. The lowest BCUT2D eigenvalue weighted by atomic mass is 10.0. The highest BCUT2D eigenvalue weighted by Gasteiger charge is 2.34. The Morgan fingerprint density at radius 2 is 1.64 bits per heavy atom. The second-order valence-electron chi connectivity index (χ2n) is 5.90. The lowest BCUT2D eigenvalue weighted by Crippen LogP contribution is -2.13. The first kappa shape index (κ1) is 18.3. The zero-order chi connectivity index (χ0) is 20.4. The highest BCUT2D eigenvalue weighted by Crippen LogP contribution is 2.38. The molecule has 0 saturated heterocycles. The molecule has 10 nitrogen and oxygen atoms in total. The van der Waals surface area contributed by atoms with Gasteiger partial charge in [0.15, 0.2) is 0 Å². The van der Waals surface area contributed by atoms with Gasteiger partial charge in [0.1, 0.15) is 5.71 Å². The Kier molecular flexibility index (Phi) is 3.74. The van der Waals surface area contributed by atoms with E-state index in [1.807, 2.05) is 0 Å². The molecule has 4 rings (SSSR count). The summed E-state index contributed by atoms with van der Waals surface area (Å²) in [6.45, 7) is 0. The molecule has 0 atom stereocenters. The van der Waals surface area contributed by atoms with Crippen LogP contribution in [-0.4, -0.2) is 46.5 Å². The molecule has 0 radical (unpaired) electrons. The summed E-state index contributed by atoms with van der Waals surface area (Å²) in [5.74, 6) is -1.61. The molecule has 12 heteroatoms. The Labute approximate surface area is 158 Å². The number of ketones is 1. The Hall–Kier alpha value is -3.06. The molecular formula is C16H10N2O8S2. The van der Waals surface area contributed by atoms with E-state index in [0.29, 0.717) is 0 Å². The number of aromatic nitrogens is 1. The number of para-hydroxylation sites is 1. The molecule has 0 saturated carbocycles. The molecule has 0 bridgehead atoms. The van der Waals surface area contributed by atoms with Crippen LogP contribution in [0.25, 0.3) is 10.9 Å². The van der Waals surface area contributed by atoms with Crippen molar-refractivity contribution < 1.29 is 35.8 Å². The maximum Gasteiger partial charge on any atom is 0.366 e. The summed E-state index contributed by atoms with van der Waals surface area (Å²) in [6, 6.07) is 8.89. The lowest BCUT2D eigenvalue weighted by Gasteiger charge is -2.02. The molecule has 0 amide bonds. The molecule has 2 heterocycles. The number of rotatable bonds is 3. The molecular weight excluding hydrogens is 412 g/mol. The van der Waals surface area contributed by atoms with E-state index in [1.54, 1.807) is 0 Å².